The van der Waals surface area contributed by atoms with Crippen LogP contribution >= 0.6 is 0 Å². The SMILES string of the molecule is Cc1ccc(CC2CCCN2C(=O)CC(O)c2ccccc2)cc1. The summed E-state index contributed by atoms with van der Waals surface area (Å²) in [4.78, 5) is 14.6. The van der Waals surface area contributed by atoms with Crippen LogP contribution in [0.1, 0.15) is 42.1 Å². The minimum Gasteiger partial charge on any atom is -0.388 e. The molecule has 2 aromatic rings. The Hall–Kier alpha value is -2.13. The highest BCUT2D eigenvalue weighted by molar-refractivity contribution is 5.77. The lowest BCUT2D eigenvalue weighted by Gasteiger charge is -2.26. The molecule has 1 aliphatic heterocycles. The number of benzene rings is 2. The van der Waals surface area contributed by atoms with Gasteiger partial charge < -0.3 is 10.0 Å². The van der Waals surface area contributed by atoms with Gasteiger partial charge in [0.05, 0.1) is 12.5 Å². The molecule has 1 N–H and O–H groups in total. The highest BCUT2D eigenvalue weighted by atomic mass is 16.3. The van der Waals surface area contributed by atoms with Crippen LogP contribution in [0.25, 0.3) is 0 Å². The highest BCUT2D eigenvalue weighted by Gasteiger charge is 2.29. The fourth-order valence-corrected chi connectivity index (χ4v) is 3.45. The van der Waals surface area contributed by atoms with Gasteiger partial charge in [-0.3, -0.25) is 4.79 Å². The fourth-order valence-electron chi connectivity index (χ4n) is 3.45. The minimum atomic E-state index is -0.723. The van der Waals surface area contributed by atoms with E-state index in [1.54, 1.807) is 0 Å². The van der Waals surface area contributed by atoms with Crippen molar-refractivity contribution >= 4 is 5.91 Å². The van der Waals surface area contributed by atoms with Crippen LogP contribution in [-0.2, 0) is 11.2 Å². The van der Waals surface area contributed by atoms with Gasteiger partial charge in [-0.25, -0.2) is 0 Å². The van der Waals surface area contributed by atoms with Crippen LogP contribution in [0.15, 0.2) is 54.6 Å². The van der Waals surface area contributed by atoms with Crippen molar-refractivity contribution in [2.75, 3.05) is 6.54 Å². The predicted molar refractivity (Wildman–Crippen MR) is 95.6 cm³/mol. The molecule has 1 saturated heterocycles. The minimum absolute atomic E-state index is 0.0564. The first-order valence-electron chi connectivity index (χ1n) is 8.71. The molecule has 0 aromatic heterocycles. The largest absolute Gasteiger partial charge is 0.388 e. The zero-order chi connectivity index (χ0) is 16.9. The monoisotopic (exact) mass is 323 g/mol. The van der Waals surface area contributed by atoms with Crippen molar-refractivity contribution < 1.29 is 9.90 Å². The first-order valence-corrected chi connectivity index (χ1v) is 8.71. The first kappa shape index (κ1) is 16.7. The van der Waals surface area contributed by atoms with Gasteiger partial charge in [-0.15, -0.1) is 0 Å². The molecule has 126 valence electrons. The van der Waals surface area contributed by atoms with Gasteiger partial charge in [-0.05, 0) is 37.3 Å². The molecule has 0 radical (unpaired) electrons. The summed E-state index contributed by atoms with van der Waals surface area (Å²) in [7, 11) is 0. The molecule has 2 aromatic carbocycles. The quantitative estimate of drug-likeness (QED) is 0.912. The number of carbonyl (C=O) groups is 1. The Kier molecular flexibility index (Phi) is 5.31. The summed E-state index contributed by atoms with van der Waals surface area (Å²) in [6.45, 7) is 2.89. The third-order valence-electron chi connectivity index (χ3n) is 4.84. The number of nitrogens with zero attached hydrogens (tertiary/aromatic N) is 1. The first-order chi connectivity index (χ1) is 11.6. The average molecular weight is 323 g/mol. The molecule has 3 rings (SSSR count). The maximum Gasteiger partial charge on any atom is 0.225 e. The van der Waals surface area contributed by atoms with Gasteiger partial charge >= 0.3 is 0 Å². The number of aryl methyl sites for hydroxylation is 1. The molecule has 1 aliphatic rings. The van der Waals surface area contributed by atoms with E-state index >= 15 is 0 Å². The van der Waals surface area contributed by atoms with Gasteiger partial charge in [0.2, 0.25) is 5.91 Å². The van der Waals surface area contributed by atoms with Crippen molar-refractivity contribution in [3.8, 4) is 0 Å². The van der Waals surface area contributed by atoms with Crippen molar-refractivity contribution in [3.63, 3.8) is 0 Å². The fraction of sp³-hybridized carbons (Fsp3) is 0.381. The smallest absolute Gasteiger partial charge is 0.225 e. The number of hydrogen-bond acceptors (Lipinski definition) is 2. The van der Waals surface area contributed by atoms with Crippen molar-refractivity contribution in [3.05, 3.63) is 71.3 Å². The molecular weight excluding hydrogens is 298 g/mol. The molecule has 0 spiro atoms. The summed E-state index contributed by atoms with van der Waals surface area (Å²) in [5.74, 6) is 0.0564. The van der Waals surface area contributed by atoms with E-state index in [9.17, 15) is 9.90 Å². The number of aliphatic hydroxyl groups excluding tert-OH is 1. The van der Waals surface area contributed by atoms with Crippen molar-refractivity contribution in [1.82, 2.24) is 4.90 Å². The Morgan fingerprint density at radius 2 is 1.88 bits per heavy atom. The molecule has 1 heterocycles. The lowest BCUT2D eigenvalue weighted by Crippen LogP contribution is -2.37. The van der Waals surface area contributed by atoms with Gasteiger partial charge in [0.15, 0.2) is 0 Å². The maximum atomic E-state index is 12.6. The van der Waals surface area contributed by atoms with E-state index in [2.05, 4.69) is 31.2 Å². The maximum absolute atomic E-state index is 12.6. The molecule has 24 heavy (non-hydrogen) atoms. The van der Waals surface area contributed by atoms with E-state index in [0.717, 1.165) is 31.4 Å². The van der Waals surface area contributed by atoms with Crippen molar-refractivity contribution in [1.29, 1.82) is 0 Å². The second kappa shape index (κ2) is 7.63. The molecule has 0 bridgehead atoms. The van der Waals surface area contributed by atoms with E-state index in [4.69, 9.17) is 0 Å². The van der Waals surface area contributed by atoms with Crippen LogP contribution in [0.5, 0.6) is 0 Å². The molecule has 1 fully saturated rings. The normalized spacial score (nSPS) is 18.6. The third-order valence-corrected chi connectivity index (χ3v) is 4.84. The Bertz CT molecular complexity index is 666. The van der Waals surface area contributed by atoms with E-state index in [1.165, 1.54) is 11.1 Å². The zero-order valence-corrected chi connectivity index (χ0v) is 14.2. The van der Waals surface area contributed by atoms with E-state index in [0.29, 0.717) is 0 Å². The standard InChI is InChI=1S/C21H25NO2/c1-16-9-11-17(12-10-16)14-19-8-5-13-22(19)21(24)15-20(23)18-6-3-2-4-7-18/h2-4,6-7,9-12,19-20,23H,5,8,13-15H2,1H3. The van der Waals surface area contributed by atoms with E-state index in [1.807, 2.05) is 35.2 Å². The number of rotatable bonds is 5. The Morgan fingerprint density at radius 1 is 1.17 bits per heavy atom. The number of likely N-dealkylation sites (tertiary alicyclic amines) is 1. The van der Waals surface area contributed by atoms with Gasteiger partial charge in [-0.2, -0.15) is 0 Å². The molecule has 3 nitrogen and oxygen atoms in total. The van der Waals surface area contributed by atoms with Crippen LogP contribution in [0.3, 0.4) is 0 Å². The second-order valence-electron chi connectivity index (χ2n) is 6.70. The molecular formula is C21H25NO2. The molecule has 2 atom stereocenters. The lowest BCUT2D eigenvalue weighted by molar-refractivity contribution is -0.134. The summed E-state index contributed by atoms with van der Waals surface area (Å²) in [6.07, 6.45) is 2.42. The molecule has 3 heteroatoms. The molecule has 2 unspecified atom stereocenters. The molecule has 0 aliphatic carbocycles. The Balaban J connectivity index is 1.62. The van der Waals surface area contributed by atoms with Crippen LogP contribution in [0, 0.1) is 6.92 Å². The van der Waals surface area contributed by atoms with Crippen LogP contribution < -0.4 is 0 Å². The average Bonchev–Trinajstić information content (AvgIpc) is 3.06. The molecule has 1 amide bonds. The summed E-state index contributed by atoms with van der Waals surface area (Å²) in [5.41, 5.74) is 3.33. The van der Waals surface area contributed by atoms with E-state index < -0.39 is 6.10 Å². The van der Waals surface area contributed by atoms with Gasteiger partial charge in [0.1, 0.15) is 0 Å². The van der Waals surface area contributed by atoms with Gasteiger partial charge in [-0.1, -0.05) is 60.2 Å². The second-order valence-corrected chi connectivity index (χ2v) is 6.70. The number of amides is 1. The Morgan fingerprint density at radius 3 is 2.58 bits per heavy atom. The highest BCUT2D eigenvalue weighted by Crippen LogP contribution is 2.25. The lowest BCUT2D eigenvalue weighted by atomic mass is 10.0. The third kappa shape index (κ3) is 4.04. The molecule has 0 saturated carbocycles. The zero-order valence-electron chi connectivity index (χ0n) is 14.2. The van der Waals surface area contributed by atoms with Crippen LogP contribution in [0.2, 0.25) is 0 Å². The summed E-state index contributed by atoms with van der Waals surface area (Å²) < 4.78 is 0. The van der Waals surface area contributed by atoms with Crippen LogP contribution in [-0.4, -0.2) is 28.5 Å². The predicted octanol–water partition coefficient (Wildman–Crippen LogP) is 3.65. The van der Waals surface area contributed by atoms with Crippen molar-refractivity contribution in [2.24, 2.45) is 0 Å². The van der Waals surface area contributed by atoms with E-state index in [-0.39, 0.29) is 18.4 Å². The van der Waals surface area contributed by atoms with Crippen molar-refractivity contribution in [2.45, 2.75) is 44.8 Å². The number of aliphatic hydroxyl groups is 1. The van der Waals surface area contributed by atoms with Gasteiger partial charge in [0.25, 0.3) is 0 Å². The summed E-state index contributed by atoms with van der Waals surface area (Å²) in [6, 6.07) is 18.2. The number of hydrogen-bond donors (Lipinski definition) is 1. The van der Waals surface area contributed by atoms with Crippen LogP contribution in [0.4, 0.5) is 0 Å². The summed E-state index contributed by atoms with van der Waals surface area (Å²) in [5, 5.41) is 10.3. The Labute approximate surface area is 143 Å². The summed E-state index contributed by atoms with van der Waals surface area (Å²) >= 11 is 0. The van der Waals surface area contributed by atoms with Gasteiger partial charge in [0, 0.05) is 12.6 Å². The topological polar surface area (TPSA) is 40.5 Å². The number of carbonyl (C=O) groups excluding carboxylic acids is 1.